The molecule has 0 bridgehead atoms. The number of nitrogens with one attached hydrogen (secondary N) is 1. The van der Waals surface area contributed by atoms with Crippen molar-refractivity contribution in [3.63, 3.8) is 0 Å². The van der Waals surface area contributed by atoms with Crippen molar-refractivity contribution in [2.45, 2.75) is 45.4 Å². The number of thiazole rings is 1. The van der Waals surface area contributed by atoms with Gasteiger partial charge in [-0.05, 0) is 12.8 Å². The first kappa shape index (κ1) is 14.5. The van der Waals surface area contributed by atoms with E-state index in [1.807, 2.05) is 5.38 Å². The van der Waals surface area contributed by atoms with Gasteiger partial charge in [-0.3, -0.25) is 4.79 Å². The molecule has 0 aliphatic heterocycles. The van der Waals surface area contributed by atoms with E-state index in [-0.39, 0.29) is 11.3 Å². The summed E-state index contributed by atoms with van der Waals surface area (Å²) in [4.78, 5) is 16.0. The molecule has 0 aliphatic carbocycles. The fraction of sp³-hybridized carbons (Fsp3) is 0.667. The fourth-order valence-corrected chi connectivity index (χ4v) is 2.38. The maximum absolute atomic E-state index is 11.6. The Balaban J connectivity index is 2.46. The second kappa shape index (κ2) is 6.36. The van der Waals surface area contributed by atoms with Crippen LogP contribution >= 0.6 is 22.9 Å². The Bertz CT molecular complexity index is 371. The van der Waals surface area contributed by atoms with Crippen molar-refractivity contribution in [1.29, 1.82) is 0 Å². The highest BCUT2D eigenvalue weighted by Gasteiger charge is 2.17. The number of alkyl halides is 1. The van der Waals surface area contributed by atoms with Crippen molar-refractivity contribution in [3.05, 3.63) is 11.1 Å². The largest absolute Gasteiger partial charge is 0.302 e. The van der Waals surface area contributed by atoms with Crippen LogP contribution in [0.1, 0.15) is 45.7 Å². The summed E-state index contributed by atoms with van der Waals surface area (Å²) in [7, 11) is 0. The van der Waals surface area contributed by atoms with E-state index in [2.05, 4.69) is 31.1 Å². The van der Waals surface area contributed by atoms with Gasteiger partial charge in [0, 0.05) is 23.1 Å². The molecule has 0 fully saturated rings. The van der Waals surface area contributed by atoms with Crippen LogP contribution in [0.5, 0.6) is 0 Å². The van der Waals surface area contributed by atoms with E-state index < -0.39 is 0 Å². The summed E-state index contributed by atoms with van der Waals surface area (Å²) in [6, 6.07) is 0. The highest BCUT2D eigenvalue weighted by atomic mass is 35.5. The summed E-state index contributed by atoms with van der Waals surface area (Å²) in [6.07, 6.45) is 2.21. The predicted octanol–water partition coefficient (Wildman–Crippen LogP) is 3.79. The average molecular weight is 275 g/mol. The van der Waals surface area contributed by atoms with Gasteiger partial charge < -0.3 is 5.32 Å². The molecule has 3 nitrogen and oxygen atoms in total. The van der Waals surface area contributed by atoms with Crippen molar-refractivity contribution in [3.8, 4) is 0 Å². The molecule has 1 aromatic rings. The van der Waals surface area contributed by atoms with Crippen LogP contribution in [0.4, 0.5) is 5.13 Å². The van der Waals surface area contributed by atoms with Gasteiger partial charge in [0.25, 0.3) is 0 Å². The zero-order valence-corrected chi connectivity index (χ0v) is 12.1. The smallest absolute Gasteiger partial charge is 0.226 e. The Labute approximate surface area is 112 Å². The molecule has 1 N–H and O–H groups in total. The number of nitrogens with zero attached hydrogens (tertiary/aromatic N) is 1. The summed E-state index contributed by atoms with van der Waals surface area (Å²) in [6.45, 7) is 6.32. The van der Waals surface area contributed by atoms with Gasteiger partial charge in [-0.2, -0.15) is 0 Å². The number of amides is 1. The number of rotatable bonds is 5. The molecule has 1 amide bonds. The lowest BCUT2D eigenvalue weighted by Gasteiger charge is -2.14. The molecular weight excluding hydrogens is 256 g/mol. The maximum atomic E-state index is 11.6. The third-order valence-corrected chi connectivity index (χ3v) is 3.33. The SMILES string of the molecule is CC(C)(C)c1csc(NC(=O)CCCCCl)n1. The monoisotopic (exact) mass is 274 g/mol. The summed E-state index contributed by atoms with van der Waals surface area (Å²) < 4.78 is 0. The van der Waals surface area contributed by atoms with E-state index in [9.17, 15) is 4.79 Å². The molecule has 0 spiro atoms. The van der Waals surface area contributed by atoms with Crippen LogP contribution in [0, 0.1) is 0 Å². The van der Waals surface area contributed by atoms with Crippen molar-refractivity contribution in [1.82, 2.24) is 4.98 Å². The molecule has 1 aromatic heterocycles. The van der Waals surface area contributed by atoms with Crippen LogP contribution < -0.4 is 5.32 Å². The lowest BCUT2D eigenvalue weighted by molar-refractivity contribution is -0.116. The molecule has 0 aliphatic rings. The van der Waals surface area contributed by atoms with Crippen LogP contribution in [0.15, 0.2) is 5.38 Å². The minimum Gasteiger partial charge on any atom is -0.302 e. The molecule has 5 heteroatoms. The highest BCUT2D eigenvalue weighted by molar-refractivity contribution is 7.13. The molecule has 0 atom stereocenters. The van der Waals surface area contributed by atoms with Gasteiger partial charge >= 0.3 is 0 Å². The van der Waals surface area contributed by atoms with Crippen LogP contribution in [0.25, 0.3) is 0 Å². The third kappa shape index (κ3) is 5.04. The highest BCUT2D eigenvalue weighted by Crippen LogP contribution is 2.26. The number of hydrogen-bond donors (Lipinski definition) is 1. The molecule has 0 saturated carbocycles. The van der Waals surface area contributed by atoms with Gasteiger partial charge in [-0.1, -0.05) is 20.8 Å². The third-order valence-electron chi connectivity index (χ3n) is 2.31. The number of carbonyl (C=O) groups excluding carboxylic acids is 1. The van der Waals surface area contributed by atoms with E-state index in [1.165, 1.54) is 11.3 Å². The second-order valence-corrected chi connectivity index (χ2v) is 6.22. The topological polar surface area (TPSA) is 42.0 Å². The second-order valence-electron chi connectivity index (χ2n) is 4.98. The first-order valence-corrected chi connectivity index (χ1v) is 7.16. The minimum atomic E-state index is 0.0184. The molecule has 17 heavy (non-hydrogen) atoms. The lowest BCUT2D eigenvalue weighted by atomic mass is 9.93. The first-order chi connectivity index (χ1) is 7.93. The molecule has 0 unspecified atom stereocenters. The number of anilines is 1. The Morgan fingerprint density at radius 3 is 2.71 bits per heavy atom. The van der Waals surface area contributed by atoms with Crippen LogP contribution in [-0.2, 0) is 10.2 Å². The molecule has 1 heterocycles. The molecule has 0 radical (unpaired) electrons. The van der Waals surface area contributed by atoms with Gasteiger partial charge in [0.1, 0.15) is 0 Å². The minimum absolute atomic E-state index is 0.0184. The summed E-state index contributed by atoms with van der Waals surface area (Å²) in [5.74, 6) is 0.628. The zero-order chi connectivity index (χ0) is 12.9. The summed E-state index contributed by atoms with van der Waals surface area (Å²) >= 11 is 7.03. The summed E-state index contributed by atoms with van der Waals surface area (Å²) in [5.41, 5.74) is 1.04. The van der Waals surface area contributed by atoms with Gasteiger partial charge in [0.15, 0.2) is 5.13 Å². The Kier molecular flexibility index (Phi) is 5.40. The molecule has 0 saturated heterocycles. The predicted molar refractivity (Wildman–Crippen MR) is 74.0 cm³/mol. The molecular formula is C12H19ClN2OS. The first-order valence-electron chi connectivity index (χ1n) is 5.75. The quantitative estimate of drug-likeness (QED) is 0.656. The molecule has 0 aromatic carbocycles. The number of carbonyl (C=O) groups is 1. The van der Waals surface area contributed by atoms with E-state index in [1.54, 1.807) is 0 Å². The van der Waals surface area contributed by atoms with Crippen molar-refractivity contribution in [2.75, 3.05) is 11.2 Å². The fourth-order valence-electron chi connectivity index (χ4n) is 1.24. The maximum Gasteiger partial charge on any atom is 0.226 e. The number of hydrogen-bond acceptors (Lipinski definition) is 3. The van der Waals surface area contributed by atoms with Crippen LogP contribution in [-0.4, -0.2) is 16.8 Å². The van der Waals surface area contributed by atoms with Gasteiger partial charge in [-0.15, -0.1) is 22.9 Å². The van der Waals surface area contributed by atoms with E-state index in [4.69, 9.17) is 11.6 Å². The lowest BCUT2D eigenvalue weighted by Crippen LogP contribution is -2.14. The summed E-state index contributed by atoms with van der Waals surface area (Å²) in [5, 5.41) is 5.50. The van der Waals surface area contributed by atoms with Crippen molar-refractivity contribution >= 4 is 34.0 Å². The van der Waals surface area contributed by atoms with E-state index >= 15 is 0 Å². The van der Waals surface area contributed by atoms with Crippen molar-refractivity contribution < 1.29 is 4.79 Å². The van der Waals surface area contributed by atoms with Crippen LogP contribution in [0.2, 0.25) is 0 Å². The van der Waals surface area contributed by atoms with E-state index in [0.29, 0.717) is 17.4 Å². The molecule has 96 valence electrons. The Morgan fingerprint density at radius 1 is 1.47 bits per heavy atom. The zero-order valence-electron chi connectivity index (χ0n) is 10.5. The van der Waals surface area contributed by atoms with Crippen molar-refractivity contribution in [2.24, 2.45) is 0 Å². The van der Waals surface area contributed by atoms with E-state index in [0.717, 1.165) is 18.5 Å². The number of halogens is 1. The Hall–Kier alpha value is -0.610. The van der Waals surface area contributed by atoms with Crippen LogP contribution in [0.3, 0.4) is 0 Å². The number of aromatic nitrogens is 1. The average Bonchev–Trinajstić information content (AvgIpc) is 2.66. The molecule has 1 rings (SSSR count). The van der Waals surface area contributed by atoms with Gasteiger partial charge in [-0.25, -0.2) is 4.98 Å². The normalized spacial score (nSPS) is 11.5. The standard InChI is InChI=1S/C12H19ClN2OS/c1-12(2,3)9-8-17-11(14-9)15-10(16)6-4-5-7-13/h8H,4-7H2,1-3H3,(H,14,15,16). The number of unbranched alkanes of at least 4 members (excludes halogenated alkanes) is 1. The Morgan fingerprint density at radius 2 is 2.18 bits per heavy atom. The van der Waals surface area contributed by atoms with Gasteiger partial charge in [0.2, 0.25) is 5.91 Å². The van der Waals surface area contributed by atoms with Gasteiger partial charge in [0.05, 0.1) is 5.69 Å².